The molecule has 1 aliphatic rings. The van der Waals surface area contributed by atoms with Gasteiger partial charge in [-0.3, -0.25) is 9.59 Å². The number of esters is 1. The van der Waals surface area contributed by atoms with Gasteiger partial charge in [0.15, 0.2) is 0 Å². The van der Waals surface area contributed by atoms with E-state index < -0.39 is 0 Å². The van der Waals surface area contributed by atoms with E-state index in [9.17, 15) is 9.59 Å². The van der Waals surface area contributed by atoms with Crippen molar-refractivity contribution in [1.29, 1.82) is 0 Å². The van der Waals surface area contributed by atoms with E-state index in [1.54, 1.807) is 11.8 Å². The Labute approximate surface area is 122 Å². The molecule has 0 radical (unpaired) electrons. The van der Waals surface area contributed by atoms with E-state index in [1.807, 2.05) is 13.8 Å². The van der Waals surface area contributed by atoms with Crippen LogP contribution in [0.5, 0.6) is 0 Å². The summed E-state index contributed by atoms with van der Waals surface area (Å²) in [5, 5.41) is 3.30. The predicted octanol–water partition coefficient (Wildman–Crippen LogP) is 1.57. The smallest absolute Gasteiger partial charge is 0.325 e. The Kier molecular flexibility index (Phi) is 6.46. The normalized spacial score (nSPS) is 17.9. The first-order valence-corrected chi connectivity index (χ1v) is 7.64. The van der Waals surface area contributed by atoms with E-state index in [1.165, 1.54) is 0 Å². The molecule has 0 aromatic rings. The number of hydrogen-bond acceptors (Lipinski definition) is 4. The van der Waals surface area contributed by atoms with Gasteiger partial charge in [-0.1, -0.05) is 6.92 Å². The van der Waals surface area contributed by atoms with Crippen LogP contribution >= 0.6 is 0 Å². The highest BCUT2D eigenvalue weighted by molar-refractivity contribution is 5.86. The van der Waals surface area contributed by atoms with Crippen molar-refractivity contribution in [3.63, 3.8) is 0 Å². The van der Waals surface area contributed by atoms with Gasteiger partial charge in [0.25, 0.3) is 0 Å². The number of carbonyl (C=O) groups is 2. The maximum absolute atomic E-state index is 12.9. The maximum atomic E-state index is 12.9. The highest BCUT2D eigenvalue weighted by atomic mass is 16.5. The molecule has 0 saturated carbocycles. The van der Waals surface area contributed by atoms with Gasteiger partial charge < -0.3 is 15.0 Å². The van der Waals surface area contributed by atoms with Crippen molar-refractivity contribution >= 4 is 11.9 Å². The molecule has 20 heavy (non-hydrogen) atoms. The summed E-state index contributed by atoms with van der Waals surface area (Å²) in [4.78, 5) is 26.3. The maximum Gasteiger partial charge on any atom is 0.325 e. The lowest BCUT2D eigenvalue weighted by Gasteiger charge is -2.40. The quantitative estimate of drug-likeness (QED) is 0.752. The van der Waals surface area contributed by atoms with Crippen LogP contribution in [0.2, 0.25) is 0 Å². The SMILES string of the molecule is CCOC(=O)CN(C(=O)C1(CC)CCNCC1)C(C)C. The minimum atomic E-state index is -0.324. The van der Waals surface area contributed by atoms with Gasteiger partial charge in [-0.05, 0) is 53.1 Å². The molecule has 1 amide bonds. The van der Waals surface area contributed by atoms with E-state index in [4.69, 9.17) is 4.74 Å². The highest BCUT2D eigenvalue weighted by Gasteiger charge is 2.41. The number of amides is 1. The number of ether oxygens (including phenoxy) is 1. The van der Waals surface area contributed by atoms with Crippen molar-refractivity contribution in [3.05, 3.63) is 0 Å². The number of rotatable bonds is 6. The van der Waals surface area contributed by atoms with Crippen molar-refractivity contribution in [2.75, 3.05) is 26.2 Å². The standard InChI is InChI=1S/C15H28N2O3/c1-5-15(7-9-16-10-8-15)14(19)17(12(3)4)11-13(18)20-6-2/h12,16H,5-11H2,1-4H3. The molecule has 1 fully saturated rings. The van der Waals surface area contributed by atoms with Crippen LogP contribution in [0.4, 0.5) is 0 Å². The first-order valence-electron chi connectivity index (χ1n) is 7.64. The minimum absolute atomic E-state index is 0.00483. The second kappa shape index (κ2) is 7.62. The van der Waals surface area contributed by atoms with Crippen LogP contribution in [-0.4, -0.2) is 49.1 Å². The van der Waals surface area contributed by atoms with Crippen molar-refractivity contribution in [2.45, 2.75) is 53.0 Å². The molecule has 0 atom stereocenters. The van der Waals surface area contributed by atoms with Gasteiger partial charge in [-0.15, -0.1) is 0 Å². The molecule has 1 aliphatic heterocycles. The van der Waals surface area contributed by atoms with Gasteiger partial charge in [0.05, 0.1) is 12.0 Å². The minimum Gasteiger partial charge on any atom is -0.465 e. The van der Waals surface area contributed by atoms with Crippen LogP contribution in [0.3, 0.4) is 0 Å². The lowest BCUT2D eigenvalue weighted by atomic mass is 9.75. The summed E-state index contributed by atoms with van der Waals surface area (Å²) in [5.74, 6) is -0.223. The molecule has 1 heterocycles. The Morgan fingerprint density at radius 1 is 1.25 bits per heavy atom. The zero-order valence-corrected chi connectivity index (χ0v) is 13.2. The lowest BCUT2D eigenvalue weighted by molar-refractivity contribution is -0.155. The Hall–Kier alpha value is -1.10. The largest absolute Gasteiger partial charge is 0.465 e. The number of nitrogens with one attached hydrogen (secondary N) is 1. The monoisotopic (exact) mass is 284 g/mol. The van der Waals surface area contributed by atoms with E-state index >= 15 is 0 Å². The first kappa shape index (κ1) is 17.0. The summed E-state index contributed by atoms with van der Waals surface area (Å²) in [7, 11) is 0. The van der Waals surface area contributed by atoms with Crippen molar-refractivity contribution in [1.82, 2.24) is 10.2 Å². The average molecular weight is 284 g/mol. The van der Waals surface area contributed by atoms with E-state index in [-0.39, 0.29) is 29.9 Å². The fourth-order valence-corrected chi connectivity index (χ4v) is 2.76. The van der Waals surface area contributed by atoms with Crippen molar-refractivity contribution in [3.8, 4) is 0 Å². The molecule has 0 aromatic carbocycles. The molecule has 0 aliphatic carbocycles. The molecule has 1 rings (SSSR count). The van der Waals surface area contributed by atoms with Crippen LogP contribution in [-0.2, 0) is 14.3 Å². The molecular weight excluding hydrogens is 256 g/mol. The zero-order valence-electron chi connectivity index (χ0n) is 13.2. The summed E-state index contributed by atoms with van der Waals surface area (Å²) >= 11 is 0. The Bertz CT molecular complexity index is 336. The van der Waals surface area contributed by atoms with Crippen molar-refractivity contribution < 1.29 is 14.3 Å². The summed E-state index contributed by atoms with van der Waals surface area (Å²) in [5.41, 5.74) is -0.317. The second-order valence-corrected chi connectivity index (χ2v) is 5.72. The molecule has 116 valence electrons. The van der Waals surface area contributed by atoms with Crippen LogP contribution in [0.15, 0.2) is 0 Å². The number of piperidine rings is 1. The summed E-state index contributed by atoms with van der Waals surface area (Å²) in [6.07, 6.45) is 2.50. The van der Waals surface area contributed by atoms with Gasteiger partial charge in [0, 0.05) is 6.04 Å². The summed E-state index contributed by atoms with van der Waals surface area (Å²) in [6, 6.07) is 0.00483. The Balaban J connectivity index is 2.83. The van der Waals surface area contributed by atoms with E-state index in [2.05, 4.69) is 12.2 Å². The molecule has 0 spiro atoms. The Morgan fingerprint density at radius 2 is 1.85 bits per heavy atom. The van der Waals surface area contributed by atoms with Gasteiger partial charge in [0.1, 0.15) is 6.54 Å². The first-order chi connectivity index (χ1) is 9.46. The fraction of sp³-hybridized carbons (Fsp3) is 0.867. The summed E-state index contributed by atoms with van der Waals surface area (Å²) < 4.78 is 4.98. The number of nitrogens with zero attached hydrogens (tertiary/aromatic N) is 1. The van der Waals surface area contributed by atoms with E-state index in [0.29, 0.717) is 6.61 Å². The highest BCUT2D eigenvalue weighted by Crippen LogP contribution is 2.35. The van der Waals surface area contributed by atoms with Crippen molar-refractivity contribution in [2.24, 2.45) is 5.41 Å². The molecule has 0 unspecified atom stereocenters. The molecule has 0 aromatic heterocycles. The van der Waals surface area contributed by atoms with Crippen LogP contribution < -0.4 is 5.32 Å². The van der Waals surface area contributed by atoms with Gasteiger partial charge >= 0.3 is 5.97 Å². The predicted molar refractivity (Wildman–Crippen MR) is 78.3 cm³/mol. The van der Waals surface area contributed by atoms with E-state index in [0.717, 1.165) is 32.4 Å². The number of hydrogen-bond donors (Lipinski definition) is 1. The molecule has 1 saturated heterocycles. The number of carbonyl (C=O) groups excluding carboxylic acids is 2. The molecular formula is C15H28N2O3. The molecule has 5 heteroatoms. The van der Waals surface area contributed by atoms with Crippen LogP contribution in [0.1, 0.15) is 47.0 Å². The fourth-order valence-electron chi connectivity index (χ4n) is 2.76. The average Bonchev–Trinajstić information content (AvgIpc) is 2.44. The third-order valence-electron chi connectivity index (χ3n) is 4.18. The van der Waals surface area contributed by atoms with Crippen LogP contribution in [0, 0.1) is 5.41 Å². The second-order valence-electron chi connectivity index (χ2n) is 5.72. The lowest BCUT2D eigenvalue weighted by Crippen LogP contribution is -2.52. The van der Waals surface area contributed by atoms with Gasteiger partial charge in [-0.2, -0.15) is 0 Å². The topological polar surface area (TPSA) is 58.6 Å². The zero-order chi connectivity index (χ0) is 15.2. The molecule has 5 nitrogen and oxygen atoms in total. The van der Waals surface area contributed by atoms with Crippen LogP contribution in [0.25, 0.3) is 0 Å². The Morgan fingerprint density at radius 3 is 2.30 bits per heavy atom. The van der Waals surface area contributed by atoms with Gasteiger partial charge in [-0.25, -0.2) is 0 Å². The third kappa shape index (κ3) is 3.95. The summed E-state index contributed by atoms with van der Waals surface area (Å²) in [6.45, 7) is 9.87. The molecule has 0 bridgehead atoms. The molecule has 1 N–H and O–H groups in total. The third-order valence-corrected chi connectivity index (χ3v) is 4.18. The van der Waals surface area contributed by atoms with Gasteiger partial charge in [0.2, 0.25) is 5.91 Å².